The second-order valence-electron chi connectivity index (χ2n) is 5.99. The maximum absolute atomic E-state index is 11.7. The highest BCUT2D eigenvalue weighted by atomic mass is 35.5. The van der Waals surface area contributed by atoms with E-state index in [0.29, 0.717) is 6.54 Å². The molecule has 0 aliphatic carbocycles. The van der Waals surface area contributed by atoms with Gasteiger partial charge in [-0.3, -0.25) is 9.59 Å². The van der Waals surface area contributed by atoms with Crippen LogP contribution in [0.3, 0.4) is 0 Å². The molecular formula is C17H28ClN3O3. The van der Waals surface area contributed by atoms with Crippen LogP contribution in [0, 0.1) is 12.8 Å². The SMILES string of the molecule is Cc1ccccc1OC(C)CNC(=O)CNC(=O)[C@@H](N)C(C)C.Cl. The number of benzene rings is 1. The van der Waals surface area contributed by atoms with Gasteiger partial charge >= 0.3 is 0 Å². The molecule has 0 aliphatic heterocycles. The van der Waals surface area contributed by atoms with Gasteiger partial charge in [0, 0.05) is 0 Å². The van der Waals surface area contributed by atoms with E-state index in [1.807, 2.05) is 52.0 Å². The van der Waals surface area contributed by atoms with Crippen molar-refractivity contribution < 1.29 is 14.3 Å². The number of carbonyl (C=O) groups is 2. The molecule has 0 bridgehead atoms. The molecule has 0 radical (unpaired) electrons. The number of rotatable bonds is 8. The lowest BCUT2D eigenvalue weighted by Gasteiger charge is -2.18. The number of hydrogen-bond donors (Lipinski definition) is 3. The summed E-state index contributed by atoms with van der Waals surface area (Å²) in [6.45, 7) is 7.83. The lowest BCUT2D eigenvalue weighted by atomic mass is 10.1. The Bertz CT molecular complexity index is 538. The molecule has 24 heavy (non-hydrogen) atoms. The van der Waals surface area contributed by atoms with Crippen LogP contribution in [0.4, 0.5) is 0 Å². The summed E-state index contributed by atoms with van der Waals surface area (Å²) in [7, 11) is 0. The third-order valence-electron chi connectivity index (χ3n) is 3.45. The second-order valence-corrected chi connectivity index (χ2v) is 5.99. The van der Waals surface area contributed by atoms with Crippen molar-refractivity contribution in [1.29, 1.82) is 0 Å². The molecule has 0 aromatic heterocycles. The van der Waals surface area contributed by atoms with Crippen molar-refractivity contribution in [3.05, 3.63) is 29.8 Å². The van der Waals surface area contributed by atoms with Crippen LogP contribution in [-0.2, 0) is 9.59 Å². The zero-order chi connectivity index (χ0) is 17.4. The van der Waals surface area contributed by atoms with E-state index >= 15 is 0 Å². The number of hydrogen-bond acceptors (Lipinski definition) is 4. The monoisotopic (exact) mass is 357 g/mol. The Morgan fingerprint density at radius 1 is 1.17 bits per heavy atom. The minimum Gasteiger partial charge on any atom is -0.489 e. The fourth-order valence-corrected chi connectivity index (χ4v) is 1.86. The molecule has 7 heteroatoms. The Labute approximate surface area is 149 Å². The third kappa shape index (κ3) is 7.66. The molecule has 1 rings (SSSR count). The van der Waals surface area contributed by atoms with Gasteiger partial charge in [0.2, 0.25) is 11.8 Å². The van der Waals surface area contributed by atoms with Gasteiger partial charge in [-0.05, 0) is 31.4 Å². The molecule has 0 heterocycles. The van der Waals surface area contributed by atoms with Gasteiger partial charge in [0.15, 0.2) is 0 Å². The molecule has 0 saturated heterocycles. The summed E-state index contributed by atoms with van der Waals surface area (Å²) in [5.74, 6) is 0.236. The first-order valence-electron chi connectivity index (χ1n) is 7.83. The lowest BCUT2D eigenvalue weighted by Crippen LogP contribution is -2.47. The zero-order valence-electron chi connectivity index (χ0n) is 14.7. The molecule has 0 spiro atoms. The Balaban J connectivity index is 0.00000529. The van der Waals surface area contributed by atoms with Gasteiger partial charge in [-0.15, -0.1) is 12.4 Å². The first kappa shape index (κ1) is 22.2. The van der Waals surface area contributed by atoms with Crippen LogP contribution in [0.15, 0.2) is 24.3 Å². The molecule has 2 amide bonds. The van der Waals surface area contributed by atoms with Crippen molar-refractivity contribution in [2.75, 3.05) is 13.1 Å². The number of nitrogens with two attached hydrogens (primary N) is 1. The first-order valence-corrected chi connectivity index (χ1v) is 7.83. The van der Waals surface area contributed by atoms with Crippen molar-refractivity contribution in [3.8, 4) is 5.75 Å². The number of amides is 2. The zero-order valence-corrected chi connectivity index (χ0v) is 15.5. The number of para-hydroxylation sites is 1. The Hall–Kier alpha value is -1.79. The molecule has 136 valence electrons. The van der Waals surface area contributed by atoms with Crippen LogP contribution in [0.25, 0.3) is 0 Å². The topological polar surface area (TPSA) is 93.5 Å². The van der Waals surface area contributed by atoms with Gasteiger partial charge < -0.3 is 21.1 Å². The normalized spacial score (nSPS) is 12.8. The van der Waals surface area contributed by atoms with Gasteiger partial charge in [0.1, 0.15) is 11.9 Å². The number of nitrogens with one attached hydrogen (secondary N) is 2. The highest BCUT2D eigenvalue weighted by Crippen LogP contribution is 2.17. The molecule has 1 aromatic rings. The molecule has 2 atom stereocenters. The van der Waals surface area contributed by atoms with Crippen molar-refractivity contribution in [1.82, 2.24) is 10.6 Å². The molecular weight excluding hydrogens is 330 g/mol. The van der Waals surface area contributed by atoms with E-state index in [0.717, 1.165) is 11.3 Å². The standard InChI is InChI=1S/C17H27N3O3.ClH/c1-11(2)16(18)17(22)20-10-15(21)19-9-13(4)23-14-8-6-5-7-12(14)3;/h5-8,11,13,16H,9-10,18H2,1-4H3,(H,19,21)(H,20,22);1H/t13?,16-;/m0./s1. The summed E-state index contributed by atoms with van der Waals surface area (Å²) < 4.78 is 5.77. The van der Waals surface area contributed by atoms with Crippen molar-refractivity contribution >= 4 is 24.2 Å². The van der Waals surface area contributed by atoms with Crippen molar-refractivity contribution in [3.63, 3.8) is 0 Å². The maximum atomic E-state index is 11.7. The predicted octanol–water partition coefficient (Wildman–Crippen LogP) is 1.40. The highest BCUT2D eigenvalue weighted by molar-refractivity contribution is 5.87. The van der Waals surface area contributed by atoms with Gasteiger partial charge in [-0.25, -0.2) is 0 Å². The molecule has 4 N–H and O–H groups in total. The quantitative estimate of drug-likeness (QED) is 0.655. The lowest BCUT2D eigenvalue weighted by molar-refractivity contribution is -0.127. The van der Waals surface area contributed by atoms with E-state index in [9.17, 15) is 9.59 Å². The van der Waals surface area contributed by atoms with Crippen molar-refractivity contribution in [2.45, 2.75) is 39.8 Å². The van der Waals surface area contributed by atoms with E-state index in [1.165, 1.54) is 0 Å². The van der Waals surface area contributed by atoms with E-state index in [-0.39, 0.29) is 42.8 Å². The molecule has 0 fully saturated rings. The Morgan fingerprint density at radius 3 is 2.38 bits per heavy atom. The molecule has 0 saturated carbocycles. The van der Waals surface area contributed by atoms with Crippen LogP contribution in [-0.4, -0.2) is 37.0 Å². The smallest absolute Gasteiger partial charge is 0.239 e. The molecule has 1 unspecified atom stereocenters. The fraction of sp³-hybridized carbons (Fsp3) is 0.529. The first-order chi connectivity index (χ1) is 10.8. The Kier molecular flexibility index (Phi) is 10.1. The minimum atomic E-state index is -0.605. The van der Waals surface area contributed by atoms with Gasteiger partial charge in [0.05, 0.1) is 19.1 Å². The van der Waals surface area contributed by atoms with E-state index in [1.54, 1.807) is 0 Å². The van der Waals surface area contributed by atoms with E-state index in [4.69, 9.17) is 10.5 Å². The summed E-state index contributed by atoms with van der Waals surface area (Å²) in [4.78, 5) is 23.4. The second kappa shape index (κ2) is 10.9. The van der Waals surface area contributed by atoms with Crippen LogP contribution >= 0.6 is 12.4 Å². The number of carbonyl (C=O) groups excluding carboxylic acids is 2. The summed E-state index contributed by atoms with van der Waals surface area (Å²) >= 11 is 0. The predicted molar refractivity (Wildman–Crippen MR) is 97.3 cm³/mol. The fourth-order valence-electron chi connectivity index (χ4n) is 1.86. The maximum Gasteiger partial charge on any atom is 0.239 e. The summed E-state index contributed by atoms with van der Waals surface area (Å²) in [5, 5.41) is 5.26. The van der Waals surface area contributed by atoms with Crippen LogP contribution in [0.2, 0.25) is 0 Å². The largest absolute Gasteiger partial charge is 0.489 e. The van der Waals surface area contributed by atoms with Crippen LogP contribution in [0.1, 0.15) is 26.3 Å². The van der Waals surface area contributed by atoms with Gasteiger partial charge in [-0.1, -0.05) is 32.0 Å². The summed E-state index contributed by atoms with van der Waals surface area (Å²) in [6.07, 6.45) is -0.173. The highest BCUT2D eigenvalue weighted by Gasteiger charge is 2.17. The van der Waals surface area contributed by atoms with Crippen molar-refractivity contribution in [2.24, 2.45) is 11.7 Å². The minimum absolute atomic E-state index is 0. The average molecular weight is 358 g/mol. The molecule has 6 nitrogen and oxygen atoms in total. The van der Waals surface area contributed by atoms with Gasteiger partial charge in [0.25, 0.3) is 0 Å². The Morgan fingerprint density at radius 2 is 1.79 bits per heavy atom. The summed E-state index contributed by atoms with van der Waals surface area (Å²) in [6, 6.07) is 7.10. The number of aryl methyl sites for hydroxylation is 1. The van der Waals surface area contributed by atoms with Crippen LogP contribution < -0.4 is 21.1 Å². The van der Waals surface area contributed by atoms with E-state index < -0.39 is 6.04 Å². The van der Waals surface area contributed by atoms with Gasteiger partial charge in [-0.2, -0.15) is 0 Å². The summed E-state index contributed by atoms with van der Waals surface area (Å²) in [5.41, 5.74) is 6.75. The van der Waals surface area contributed by atoms with E-state index in [2.05, 4.69) is 10.6 Å². The molecule has 1 aromatic carbocycles. The van der Waals surface area contributed by atoms with Crippen LogP contribution in [0.5, 0.6) is 5.75 Å². The molecule has 0 aliphatic rings. The number of ether oxygens (including phenoxy) is 1. The third-order valence-corrected chi connectivity index (χ3v) is 3.45. The number of halogens is 1. The average Bonchev–Trinajstić information content (AvgIpc) is 2.51.